The summed E-state index contributed by atoms with van der Waals surface area (Å²) in [4.78, 5) is 15.9. The van der Waals surface area contributed by atoms with E-state index in [-0.39, 0.29) is 5.92 Å². The van der Waals surface area contributed by atoms with Crippen molar-refractivity contribution in [2.75, 3.05) is 27.8 Å². The molecule has 1 heterocycles. The van der Waals surface area contributed by atoms with Crippen LogP contribution in [-0.4, -0.2) is 53.7 Å². The number of benzene rings is 2. The maximum Gasteiger partial charge on any atom is 0.326 e. The van der Waals surface area contributed by atoms with E-state index in [4.69, 9.17) is 9.47 Å². The summed E-state index contributed by atoms with van der Waals surface area (Å²) < 4.78 is 23.4. The number of methoxy groups -OCH3 is 2. The van der Waals surface area contributed by atoms with Crippen LogP contribution < -0.4 is 4.74 Å². The van der Waals surface area contributed by atoms with Gasteiger partial charge >= 0.3 is 5.97 Å². The summed E-state index contributed by atoms with van der Waals surface area (Å²) in [6.07, 6.45) is 2.25. The molecule has 29 heavy (non-hydrogen) atoms. The highest BCUT2D eigenvalue weighted by Gasteiger charge is 2.54. The Labute approximate surface area is 174 Å². The van der Waals surface area contributed by atoms with Crippen molar-refractivity contribution in [3.63, 3.8) is 0 Å². The van der Waals surface area contributed by atoms with Gasteiger partial charge in [-0.15, -0.1) is 0 Å². The highest BCUT2D eigenvalue weighted by atomic mass is 32.2. The average molecular weight is 414 g/mol. The molecule has 2 aliphatic rings. The van der Waals surface area contributed by atoms with Crippen LogP contribution in [0.1, 0.15) is 17.5 Å². The quantitative estimate of drug-likeness (QED) is 0.722. The average Bonchev–Trinajstić information content (AvgIpc) is 2.76. The number of rotatable bonds is 4. The van der Waals surface area contributed by atoms with Gasteiger partial charge in [-0.1, -0.05) is 30.3 Å². The van der Waals surface area contributed by atoms with E-state index in [1.165, 1.54) is 18.2 Å². The molecule has 4 rings (SSSR count). The van der Waals surface area contributed by atoms with Crippen LogP contribution in [0, 0.1) is 5.92 Å². The van der Waals surface area contributed by atoms with Gasteiger partial charge in [-0.05, 0) is 61.6 Å². The SMILES string of the molecule is COC(=O)[C@@]1([S@](=O)c2ccccc2)C[C@@H]2Cc3c(cccc3OC)C[C@H]2N(C)C1. The summed E-state index contributed by atoms with van der Waals surface area (Å²) in [5.41, 5.74) is 2.50. The lowest BCUT2D eigenvalue weighted by Gasteiger charge is -2.49. The first-order valence-electron chi connectivity index (χ1n) is 9.90. The zero-order chi connectivity index (χ0) is 20.6. The van der Waals surface area contributed by atoms with Crippen LogP contribution in [0.2, 0.25) is 0 Å². The number of likely N-dealkylation sites (N-methyl/N-ethyl adjacent to an activating group) is 1. The molecule has 0 N–H and O–H groups in total. The molecule has 0 radical (unpaired) electrons. The molecule has 0 bridgehead atoms. The Morgan fingerprint density at radius 1 is 1.10 bits per heavy atom. The molecule has 1 aliphatic carbocycles. The minimum atomic E-state index is -1.51. The van der Waals surface area contributed by atoms with Crippen molar-refractivity contribution in [1.82, 2.24) is 4.90 Å². The molecule has 4 atom stereocenters. The van der Waals surface area contributed by atoms with Gasteiger partial charge in [0.2, 0.25) is 0 Å². The number of carbonyl (C=O) groups is 1. The first kappa shape index (κ1) is 20.1. The zero-order valence-electron chi connectivity index (χ0n) is 17.1. The molecule has 0 spiro atoms. The number of esters is 1. The maximum atomic E-state index is 13.7. The first-order valence-corrected chi connectivity index (χ1v) is 11.1. The molecule has 1 aliphatic heterocycles. The lowest BCUT2D eigenvalue weighted by Crippen LogP contribution is -2.62. The van der Waals surface area contributed by atoms with Gasteiger partial charge in [0.25, 0.3) is 0 Å². The van der Waals surface area contributed by atoms with Crippen molar-refractivity contribution in [2.24, 2.45) is 5.92 Å². The van der Waals surface area contributed by atoms with Crippen LogP contribution in [0.4, 0.5) is 0 Å². The minimum absolute atomic E-state index is 0.198. The standard InChI is InChI=1S/C23H27NO4S/c1-24-15-23(22(25)28-3,29(26)18-9-5-4-6-10-18)14-17-12-19-16(13-20(17)24)8-7-11-21(19)27-2/h4-11,17,20H,12-15H2,1-3H3/t17-,20+,23+,29+/m0/s1. The number of piperidine rings is 1. The second kappa shape index (κ2) is 7.92. The van der Waals surface area contributed by atoms with Crippen LogP contribution in [0.15, 0.2) is 53.4 Å². The molecule has 2 aromatic rings. The zero-order valence-corrected chi connectivity index (χ0v) is 17.9. The van der Waals surface area contributed by atoms with Crippen molar-refractivity contribution in [3.8, 4) is 5.75 Å². The molecule has 5 nitrogen and oxygen atoms in total. The van der Waals surface area contributed by atoms with E-state index in [0.717, 1.165) is 18.6 Å². The van der Waals surface area contributed by atoms with Crippen LogP contribution in [-0.2, 0) is 33.2 Å². The van der Waals surface area contributed by atoms with Crippen molar-refractivity contribution in [2.45, 2.75) is 34.9 Å². The van der Waals surface area contributed by atoms with Gasteiger partial charge < -0.3 is 14.4 Å². The van der Waals surface area contributed by atoms with E-state index in [2.05, 4.69) is 11.0 Å². The van der Waals surface area contributed by atoms with Crippen molar-refractivity contribution in [1.29, 1.82) is 0 Å². The number of hydrogen-bond donors (Lipinski definition) is 0. The molecule has 0 aromatic heterocycles. The topological polar surface area (TPSA) is 55.8 Å². The Hall–Kier alpha value is -2.18. The van der Waals surface area contributed by atoms with Gasteiger partial charge in [0.1, 0.15) is 5.75 Å². The van der Waals surface area contributed by atoms with Gasteiger partial charge in [-0.2, -0.15) is 0 Å². The van der Waals surface area contributed by atoms with Crippen molar-refractivity contribution in [3.05, 3.63) is 59.7 Å². The molecular formula is C23H27NO4S. The predicted octanol–water partition coefficient (Wildman–Crippen LogP) is 2.83. The molecule has 2 aromatic carbocycles. The van der Waals surface area contributed by atoms with E-state index in [0.29, 0.717) is 23.9 Å². The lowest BCUT2D eigenvalue weighted by atomic mass is 9.72. The number of fused-ring (bicyclic) bond motifs is 2. The second-order valence-corrected chi connectivity index (χ2v) is 9.81. The molecular weight excluding hydrogens is 386 g/mol. The third-order valence-electron chi connectivity index (χ3n) is 6.42. The maximum absolute atomic E-state index is 13.7. The normalized spacial score (nSPS) is 27.4. The summed E-state index contributed by atoms with van der Waals surface area (Å²) in [5.74, 6) is 0.696. The molecule has 0 amide bonds. The molecule has 154 valence electrons. The molecule has 1 saturated heterocycles. The Morgan fingerprint density at radius 3 is 2.55 bits per heavy atom. The van der Waals surface area contributed by atoms with E-state index in [9.17, 15) is 9.00 Å². The molecule has 6 heteroatoms. The fourth-order valence-electron chi connectivity index (χ4n) is 5.06. The third kappa shape index (κ3) is 3.38. The number of likely N-dealkylation sites (tertiary alicyclic amines) is 1. The predicted molar refractivity (Wildman–Crippen MR) is 113 cm³/mol. The first-order chi connectivity index (χ1) is 14.0. The van der Waals surface area contributed by atoms with E-state index in [1.807, 2.05) is 49.5 Å². The van der Waals surface area contributed by atoms with Crippen LogP contribution in [0.5, 0.6) is 5.75 Å². The molecule has 0 saturated carbocycles. The van der Waals surface area contributed by atoms with Crippen molar-refractivity contribution >= 4 is 16.8 Å². The number of ether oxygens (including phenoxy) is 2. The van der Waals surface area contributed by atoms with Crippen LogP contribution >= 0.6 is 0 Å². The van der Waals surface area contributed by atoms with E-state index in [1.54, 1.807) is 7.11 Å². The summed E-state index contributed by atoms with van der Waals surface area (Å²) in [6.45, 7) is 0.418. The lowest BCUT2D eigenvalue weighted by molar-refractivity contribution is -0.146. The Kier molecular flexibility index (Phi) is 5.49. The highest BCUT2D eigenvalue weighted by Crippen LogP contribution is 2.44. The van der Waals surface area contributed by atoms with Crippen LogP contribution in [0.25, 0.3) is 0 Å². The summed E-state index contributed by atoms with van der Waals surface area (Å²) >= 11 is 0. The van der Waals surface area contributed by atoms with E-state index >= 15 is 0 Å². The van der Waals surface area contributed by atoms with Gasteiger partial charge in [0.15, 0.2) is 4.75 Å². The van der Waals surface area contributed by atoms with Gasteiger partial charge in [0.05, 0.1) is 25.0 Å². The Bertz CT molecular complexity index is 932. The monoisotopic (exact) mass is 413 g/mol. The fraction of sp³-hybridized carbons (Fsp3) is 0.435. The number of nitrogens with zero attached hydrogens (tertiary/aromatic N) is 1. The summed E-state index contributed by atoms with van der Waals surface area (Å²) in [7, 11) is 3.60. The second-order valence-electron chi connectivity index (χ2n) is 8.02. The largest absolute Gasteiger partial charge is 0.496 e. The third-order valence-corrected chi connectivity index (χ3v) is 8.29. The Morgan fingerprint density at radius 2 is 1.86 bits per heavy atom. The Balaban J connectivity index is 1.73. The number of carbonyl (C=O) groups excluding carboxylic acids is 1. The molecule has 1 fully saturated rings. The number of hydrogen-bond acceptors (Lipinski definition) is 5. The fourth-order valence-corrected chi connectivity index (χ4v) is 6.84. The van der Waals surface area contributed by atoms with Gasteiger partial charge in [0, 0.05) is 17.5 Å². The molecule has 0 unspecified atom stereocenters. The summed E-state index contributed by atoms with van der Waals surface area (Å²) in [6, 6.07) is 15.7. The van der Waals surface area contributed by atoms with Crippen LogP contribution in [0.3, 0.4) is 0 Å². The van der Waals surface area contributed by atoms with Crippen molar-refractivity contribution < 1.29 is 18.5 Å². The highest BCUT2D eigenvalue weighted by molar-refractivity contribution is 7.87. The van der Waals surface area contributed by atoms with E-state index < -0.39 is 21.5 Å². The van der Waals surface area contributed by atoms with Gasteiger partial charge in [-0.25, -0.2) is 0 Å². The summed E-state index contributed by atoms with van der Waals surface area (Å²) in [5, 5.41) is 0. The minimum Gasteiger partial charge on any atom is -0.496 e. The van der Waals surface area contributed by atoms with Gasteiger partial charge in [-0.3, -0.25) is 9.00 Å². The smallest absolute Gasteiger partial charge is 0.326 e.